The summed E-state index contributed by atoms with van der Waals surface area (Å²) in [5, 5.41) is 8.67. The molecule has 0 aliphatic heterocycles. The molecule has 0 saturated heterocycles. The topological polar surface area (TPSA) is 55.6 Å². The van der Waals surface area contributed by atoms with E-state index in [1.54, 1.807) is 17.2 Å². The van der Waals surface area contributed by atoms with E-state index >= 15 is 0 Å². The zero-order chi connectivity index (χ0) is 15.2. The maximum atomic E-state index is 4.39. The summed E-state index contributed by atoms with van der Waals surface area (Å²) >= 11 is 0. The van der Waals surface area contributed by atoms with Gasteiger partial charge in [-0.1, -0.05) is 43.7 Å². The van der Waals surface area contributed by atoms with E-state index in [0.29, 0.717) is 0 Å². The zero-order valence-electron chi connectivity index (χ0n) is 12.6. The Morgan fingerprint density at radius 1 is 1.18 bits per heavy atom. The number of hydrogen-bond acceptors (Lipinski definition) is 4. The molecule has 112 valence electrons. The van der Waals surface area contributed by atoms with Crippen LogP contribution in [0.25, 0.3) is 23.3 Å². The highest BCUT2D eigenvalue weighted by molar-refractivity contribution is 5.87. The summed E-state index contributed by atoms with van der Waals surface area (Å²) in [5.74, 6) is 0.845. The molecule has 22 heavy (non-hydrogen) atoms. The smallest absolute Gasteiger partial charge is 0.167 e. The van der Waals surface area contributed by atoms with E-state index in [2.05, 4.69) is 39.4 Å². The maximum Gasteiger partial charge on any atom is 0.167 e. The minimum atomic E-state index is 0.807. The molecule has 2 heterocycles. The second-order valence-corrected chi connectivity index (χ2v) is 5.06. The Hall–Kier alpha value is -2.69. The van der Waals surface area contributed by atoms with Gasteiger partial charge in [-0.15, -0.1) is 0 Å². The Kier molecular flexibility index (Phi) is 4.44. The van der Waals surface area contributed by atoms with Gasteiger partial charge in [0.2, 0.25) is 0 Å². The van der Waals surface area contributed by atoms with E-state index in [9.17, 15) is 0 Å². The van der Waals surface area contributed by atoms with E-state index < -0.39 is 0 Å². The Balaban J connectivity index is 1.86. The molecule has 5 nitrogen and oxygen atoms in total. The summed E-state index contributed by atoms with van der Waals surface area (Å²) < 4.78 is 1.77. The van der Waals surface area contributed by atoms with Gasteiger partial charge in [-0.3, -0.25) is 0 Å². The average Bonchev–Trinajstić information content (AvgIpc) is 2.98. The van der Waals surface area contributed by atoms with Crippen molar-refractivity contribution in [1.82, 2.24) is 19.7 Å². The van der Waals surface area contributed by atoms with Crippen LogP contribution in [0.3, 0.4) is 0 Å². The minimum Gasteiger partial charge on any atom is -0.369 e. The van der Waals surface area contributed by atoms with Crippen LogP contribution in [0.5, 0.6) is 0 Å². The fourth-order valence-electron chi connectivity index (χ4n) is 2.22. The van der Waals surface area contributed by atoms with E-state index in [1.165, 1.54) is 0 Å². The van der Waals surface area contributed by atoms with Crippen molar-refractivity contribution in [1.29, 1.82) is 0 Å². The minimum absolute atomic E-state index is 0.807. The first kappa shape index (κ1) is 14.3. The predicted octanol–water partition coefficient (Wildman–Crippen LogP) is 3.67. The molecule has 0 atom stereocenters. The standard InChI is InChI=1S/C17H19N5/c1-2-3-10-18-16-15-12-21-22(17(15)20-13-19-16)11-9-14-7-5-4-6-8-14/h4-9,11-13H,2-3,10H2,1H3,(H,18,19,20)/b11-9+. The van der Waals surface area contributed by atoms with Gasteiger partial charge < -0.3 is 5.32 Å². The summed E-state index contributed by atoms with van der Waals surface area (Å²) in [4.78, 5) is 8.65. The van der Waals surface area contributed by atoms with Gasteiger partial charge in [0, 0.05) is 12.7 Å². The van der Waals surface area contributed by atoms with Crippen LogP contribution in [0.4, 0.5) is 5.82 Å². The van der Waals surface area contributed by atoms with E-state index in [1.807, 2.05) is 30.5 Å². The first-order valence-electron chi connectivity index (χ1n) is 7.54. The van der Waals surface area contributed by atoms with Crippen LogP contribution in [-0.4, -0.2) is 26.3 Å². The predicted molar refractivity (Wildman–Crippen MR) is 90.4 cm³/mol. The number of fused-ring (bicyclic) bond motifs is 1. The summed E-state index contributed by atoms with van der Waals surface area (Å²) in [6.07, 6.45) is 9.58. The molecule has 0 amide bonds. The van der Waals surface area contributed by atoms with Crippen LogP contribution in [0.2, 0.25) is 0 Å². The van der Waals surface area contributed by atoms with Gasteiger partial charge in [-0.2, -0.15) is 5.10 Å². The van der Waals surface area contributed by atoms with Crippen LogP contribution in [0.1, 0.15) is 25.3 Å². The third-order valence-corrected chi connectivity index (χ3v) is 3.42. The lowest BCUT2D eigenvalue weighted by Crippen LogP contribution is -2.03. The number of nitrogens with one attached hydrogen (secondary N) is 1. The summed E-state index contributed by atoms with van der Waals surface area (Å²) in [6.45, 7) is 3.08. The van der Waals surface area contributed by atoms with Crippen molar-refractivity contribution in [2.45, 2.75) is 19.8 Å². The van der Waals surface area contributed by atoms with Gasteiger partial charge in [0.1, 0.15) is 12.1 Å². The third kappa shape index (κ3) is 3.14. The van der Waals surface area contributed by atoms with Crippen LogP contribution in [0.15, 0.2) is 42.9 Å². The lowest BCUT2D eigenvalue weighted by molar-refractivity contribution is 0.831. The van der Waals surface area contributed by atoms with Gasteiger partial charge in [-0.05, 0) is 18.1 Å². The van der Waals surface area contributed by atoms with Crippen molar-refractivity contribution in [2.24, 2.45) is 0 Å². The number of anilines is 1. The van der Waals surface area contributed by atoms with Crippen LogP contribution >= 0.6 is 0 Å². The summed E-state index contributed by atoms with van der Waals surface area (Å²) in [5.41, 5.74) is 1.93. The van der Waals surface area contributed by atoms with Crippen molar-refractivity contribution < 1.29 is 0 Å². The molecule has 0 fully saturated rings. The van der Waals surface area contributed by atoms with Gasteiger partial charge >= 0.3 is 0 Å². The lowest BCUT2D eigenvalue weighted by atomic mass is 10.2. The van der Waals surface area contributed by atoms with Gasteiger partial charge in [-0.25, -0.2) is 14.6 Å². The van der Waals surface area contributed by atoms with E-state index in [4.69, 9.17) is 0 Å². The van der Waals surface area contributed by atoms with Crippen molar-refractivity contribution in [2.75, 3.05) is 11.9 Å². The highest BCUT2D eigenvalue weighted by Gasteiger charge is 2.07. The third-order valence-electron chi connectivity index (χ3n) is 3.42. The number of benzene rings is 1. The van der Waals surface area contributed by atoms with Crippen molar-refractivity contribution >= 4 is 29.1 Å². The lowest BCUT2D eigenvalue weighted by Gasteiger charge is -2.04. The molecule has 0 spiro atoms. The summed E-state index contributed by atoms with van der Waals surface area (Å²) in [6, 6.07) is 10.1. The van der Waals surface area contributed by atoms with Gasteiger partial charge in [0.05, 0.1) is 11.6 Å². The molecular formula is C17H19N5. The number of aromatic nitrogens is 4. The molecule has 2 aromatic heterocycles. The van der Waals surface area contributed by atoms with Gasteiger partial charge in [0.15, 0.2) is 5.65 Å². The molecule has 0 saturated carbocycles. The Bertz CT molecular complexity index is 761. The fraction of sp³-hybridized carbons (Fsp3) is 0.235. The molecule has 3 rings (SSSR count). The molecule has 0 bridgehead atoms. The number of unbranched alkanes of at least 4 members (excludes halogenated alkanes) is 1. The van der Waals surface area contributed by atoms with Crippen molar-refractivity contribution in [3.63, 3.8) is 0 Å². The zero-order valence-corrected chi connectivity index (χ0v) is 12.6. The Morgan fingerprint density at radius 3 is 2.86 bits per heavy atom. The van der Waals surface area contributed by atoms with Crippen LogP contribution < -0.4 is 5.32 Å². The molecule has 0 unspecified atom stereocenters. The molecule has 3 aromatic rings. The Morgan fingerprint density at radius 2 is 2.05 bits per heavy atom. The Labute approximate surface area is 129 Å². The highest BCUT2D eigenvalue weighted by atomic mass is 15.3. The quantitative estimate of drug-likeness (QED) is 0.705. The number of hydrogen-bond donors (Lipinski definition) is 1. The van der Waals surface area contributed by atoms with Gasteiger partial charge in [0.25, 0.3) is 0 Å². The average molecular weight is 293 g/mol. The van der Waals surface area contributed by atoms with Crippen LogP contribution in [-0.2, 0) is 0 Å². The fourth-order valence-corrected chi connectivity index (χ4v) is 2.22. The maximum absolute atomic E-state index is 4.39. The second kappa shape index (κ2) is 6.85. The molecule has 0 radical (unpaired) electrons. The molecule has 5 heteroatoms. The van der Waals surface area contributed by atoms with Crippen LogP contribution in [0, 0.1) is 0 Å². The molecule has 0 aliphatic rings. The number of rotatable bonds is 6. The van der Waals surface area contributed by atoms with E-state index in [0.717, 1.165) is 41.8 Å². The largest absolute Gasteiger partial charge is 0.369 e. The second-order valence-electron chi connectivity index (χ2n) is 5.06. The molecule has 0 aliphatic carbocycles. The first-order chi connectivity index (χ1) is 10.9. The monoisotopic (exact) mass is 293 g/mol. The van der Waals surface area contributed by atoms with Crippen molar-refractivity contribution in [3.05, 3.63) is 48.4 Å². The molecule has 1 N–H and O–H groups in total. The molecule has 1 aromatic carbocycles. The molecular weight excluding hydrogens is 274 g/mol. The summed E-state index contributed by atoms with van der Waals surface area (Å²) in [7, 11) is 0. The van der Waals surface area contributed by atoms with E-state index in [-0.39, 0.29) is 0 Å². The highest BCUT2D eigenvalue weighted by Crippen LogP contribution is 2.19. The SMILES string of the molecule is CCCCNc1ncnc2c1cnn2/C=C/c1ccccc1. The number of nitrogens with zero attached hydrogens (tertiary/aromatic N) is 4. The first-order valence-corrected chi connectivity index (χ1v) is 7.54. The van der Waals surface area contributed by atoms with Crippen molar-refractivity contribution in [3.8, 4) is 0 Å². The normalized spacial score (nSPS) is 11.3.